The van der Waals surface area contributed by atoms with Crippen LogP contribution in [0.5, 0.6) is 0 Å². The van der Waals surface area contributed by atoms with Gasteiger partial charge in [-0.15, -0.1) is 0 Å². The van der Waals surface area contributed by atoms with Gasteiger partial charge in [-0.05, 0) is 44.4 Å². The molecule has 1 amide bonds. The first kappa shape index (κ1) is 16.1. The van der Waals surface area contributed by atoms with E-state index in [0.29, 0.717) is 36.5 Å². The average molecular weight is 311 g/mol. The van der Waals surface area contributed by atoms with Crippen LogP contribution in [0.2, 0.25) is 5.02 Å². The summed E-state index contributed by atoms with van der Waals surface area (Å²) in [6.07, 6.45) is 2.21. The van der Waals surface area contributed by atoms with E-state index in [2.05, 4.69) is 12.2 Å². The minimum atomic E-state index is -0.658. The summed E-state index contributed by atoms with van der Waals surface area (Å²) in [6.45, 7) is 5.87. The van der Waals surface area contributed by atoms with Crippen LogP contribution in [-0.4, -0.2) is 41.1 Å². The summed E-state index contributed by atoms with van der Waals surface area (Å²) in [7, 11) is 0. The third-order valence-corrected chi connectivity index (χ3v) is 4.14. The van der Waals surface area contributed by atoms with E-state index in [1.807, 2.05) is 13.0 Å². The summed E-state index contributed by atoms with van der Waals surface area (Å²) in [5, 5.41) is 13.8. The molecule has 0 aromatic heterocycles. The lowest BCUT2D eigenvalue weighted by Gasteiger charge is -2.36. The molecule has 1 heterocycles. The van der Waals surface area contributed by atoms with E-state index in [4.69, 9.17) is 11.6 Å². The first-order valence-corrected chi connectivity index (χ1v) is 7.86. The Balaban J connectivity index is 2.16. The molecule has 5 heteroatoms. The zero-order chi connectivity index (χ0) is 15.5. The standard InChI is InChI=1S/C16H23ClN2O2/c1-3-8-18-14-5-4-12(17)11-13(14)15(20)19-9-6-16(2,21)7-10-19/h4-5,11,18,21H,3,6-10H2,1-2H3. The van der Waals surface area contributed by atoms with Crippen molar-refractivity contribution in [3.05, 3.63) is 28.8 Å². The van der Waals surface area contributed by atoms with Crippen LogP contribution in [-0.2, 0) is 0 Å². The highest BCUT2D eigenvalue weighted by molar-refractivity contribution is 6.31. The molecule has 0 radical (unpaired) electrons. The number of aliphatic hydroxyl groups is 1. The molecule has 1 aromatic rings. The summed E-state index contributed by atoms with van der Waals surface area (Å²) in [6, 6.07) is 5.36. The number of carbonyl (C=O) groups is 1. The Bertz CT molecular complexity index is 507. The number of likely N-dealkylation sites (tertiary alicyclic amines) is 1. The van der Waals surface area contributed by atoms with E-state index in [1.54, 1.807) is 17.0 Å². The summed E-state index contributed by atoms with van der Waals surface area (Å²) in [4.78, 5) is 14.5. The second-order valence-electron chi connectivity index (χ2n) is 5.91. The molecule has 1 saturated heterocycles. The van der Waals surface area contributed by atoms with Crippen LogP contribution in [0, 0.1) is 0 Å². The second kappa shape index (κ2) is 6.67. The molecule has 1 fully saturated rings. The van der Waals surface area contributed by atoms with E-state index < -0.39 is 5.60 Å². The summed E-state index contributed by atoms with van der Waals surface area (Å²) >= 11 is 6.04. The number of nitrogens with zero attached hydrogens (tertiary/aromatic N) is 1. The number of hydrogen-bond acceptors (Lipinski definition) is 3. The van der Waals surface area contributed by atoms with Crippen LogP contribution >= 0.6 is 11.6 Å². The number of hydrogen-bond donors (Lipinski definition) is 2. The zero-order valence-corrected chi connectivity index (χ0v) is 13.4. The monoisotopic (exact) mass is 310 g/mol. The van der Waals surface area contributed by atoms with Gasteiger partial charge in [0.05, 0.1) is 11.2 Å². The van der Waals surface area contributed by atoms with Crippen molar-refractivity contribution in [2.24, 2.45) is 0 Å². The highest BCUT2D eigenvalue weighted by atomic mass is 35.5. The van der Waals surface area contributed by atoms with Gasteiger partial charge in [-0.3, -0.25) is 4.79 Å². The molecular formula is C16H23ClN2O2. The fourth-order valence-corrected chi connectivity index (χ4v) is 2.64. The Morgan fingerprint density at radius 3 is 2.71 bits per heavy atom. The van der Waals surface area contributed by atoms with Crippen LogP contribution in [0.15, 0.2) is 18.2 Å². The smallest absolute Gasteiger partial charge is 0.256 e. The number of amides is 1. The van der Waals surface area contributed by atoms with Gasteiger partial charge in [-0.1, -0.05) is 18.5 Å². The molecule has 0 spiro atoms. The van der Waals surface area contributed by atoms with Gasteiger partial charge in [0, 0.05) is 30.3 Å². The molecule has 2 N–H and O–H groups in total. The van der Waals surface area contributed by atoms with Crippen molar-refractivity contribution in [1.82, 2.24) is 4.90 Å². The second-order valence-corrected chi connectivity index (χ2v) is 6.34. The number of rotatable bonds is 4. The Kier molecular flexibility index (Phi) is 5.12. The fraction of sp³-hybridized carbons (Fsp3) is 0.562. The van der Waals surface area contributed by atoms with Crippen molar-refractivity contribution in [3.8, 4) is 0 Å². The number of halogens is 1. The lowest BCUT2D eigenvalue weighted by atomic mass is 9.93. The van der Waals surface area contributed by atoms with Gasteiger partial charge >= 0.3 is 0 Å². The zero-order valence-electron chi connectivity index (χ0n) is 12.7. The van der Waals surface area contributed by atoms with Crippen LogP contribution in [0.25, 0.3) is 0 Å². The molecule has 21 heavy (non-hydrogen) atoms. The molecule has 1 aliphatic heterocycles. The average Bonchev–Trinajstić information content (AvgIpc) is 2.45. The molecule has 116 valence electrons. The topological polar surface area (TPSA) is 52.6 Å². The van der Waals surface area contributed by atoms with E-state index in [-0.39, 0.29) is 5.91 Å². The Morgan fingerprint density at radius 2 is 2.10 bits per heavy atom. The molecule has 0 atom stereocenters. The molecule has 0 bridgehead atoms. The number of nitrogens with one attached hydrogen (secondary N) is 1. The molecule has 0 unspecified atom stereocenters. The van der Waals surface area contributed by atoms with Gasteiger partial charge in [0.2, 0.25) is 0 Å². The fourth-order valence-electron chi connectivity index (χ4n) is 2.47. The lowest BCUT2D eigenvalue weighted by Crippen LogP contribution is -2.45. The van der Waals surface area contributed by atoms with Crippen molar-refractivity contribution in [1.29, 1.82) is 0 Å². The number of piperidine rings is 1. The lowest BCUT2D eigenvalue weighted by molar-refractivity contribution is -0.00199. The Morgan fingerprint density at radius 1 is 1.43 bits per heavy atom. The van der Waals surface area contributed by atoms with Crippen molar-refractivity contribution < 1.29 is 9.90 Å². The molecule has 4 nitrogen and oxygen atoms in total. The molecular weight excluding hydrogens is 288 g/mol. The normalized spacial score (nSPS) is 17.6. The van der Waals surface area contributed by atoms with Gasteiger partial charge in [-0.25, -0.2) is 0 Å². The summed E-state index contributed by atoms with van der Waals surface area (Å²) in [5.41, 5.74) is 0.773. The van der Waals surface area contributed by atoms with E-state index in [1.165, 1.54) is 0 Å². The van der Waals surface area contributed by atoms with Crippen LogP contribution < -0.4 is 5.32 Å². The number of benzene rings is 1. The van der Waals surface area contributed by atoms with Crippen LogP contribution in [0.3, 0.4) is 0 Å². The minimum absolute atomic E-state index is 0.0217. The highest BCUT2D eigenvalue weighted by Gasteiger charge is 2.30. The van der Waals surface area contributed by atoms with Gasteiger partial charge in [0.15, 0.2) is 0 Å². The van der Waals surface area contributed by atoms with Crippen LogP contribution in [0.4, 0.5) is 5.69 Å². The van der Waals surface area contributed by atoms with Gasteiger partial charge in [-0.2, -0.15) is 0 Å². The van der Waals surface area contributed by atoms with Crippen molar-refractivity contribution >= 4 is 23.2 Å². The maximum atomic E-state index is 12.7. The van der Waals surface area contributed by atoms with Crippen molar-refractivity contribution in [2.45, 2.75) is 38.7 Å². The number of carbonyl (C=O) groups excluding carboxylic acids is 1. The third-order valence-electron chi connectivity index (χ3n) is 3.91. The molecule has 2 rings (SSSR count). The van der Waals surface area contributed by atoms with Crippen LogP contribution in [0.1, 0.15) is 43.5 Å². The quantitative estimate of drug-likeness (QED) is 0.898. The van der Waals surface area contributed by atoms with E-state index in [9.17, 15) is 9.90 Å². The number of anilines is 1. The van der Waals surface area contributed by atoms with E-state index >= 15 is 0 Å². The van der Waals surface area contributed by atoms with Gasteiger partial charge in [0.1, 0.15) is 0 Å². The van der Waals surface area contributed by atoms with Gasteiger partial charge in [0.25, 0.3) is 5.91 Å². The molecule has 0 aliphatic carbocycles. The minimum Gasteiger partial charge on any atom is -0.390 e. The summed E-state index contributed by atoms with van der Waals surface area (Å²) in [5.74, 6) is -0.0217. The first-order chi connectivity index (χ1) is 9.93. The van der Waals surface area contributed by atoms with Crippen molar-refractivity contribution in [2.75, 3.05) is 25.0 Å². The highest BCUT2D eigenvalue weighted by Crippen LogP contribution is 2.26. The van der Waals surface area contributed by atoms with E-state index in [0.717, 1.165) is 18.7 Å². The van der Waals surface area contributed by atoms with Crippen molar-refractivity contribution in [3.63, 3.8) is 0 Å². The first-order valence-electron chi connectivity index (χ1n) is 7.48. The van der Waals surface area contributed by atoms with Gasteiger partial charge < -0.3 is 15.3 Å². The molecule has 1 aromatic carbocycles. The summed E-state index contributed by atoms with van der Waals surface area (Å²) < 4.78 is 0. The maximum absolute atomic E-state index is 12.7. The predicted molar refractivity (Wildman–Crippen MR) is 86.0 cm³/mol. The molecule has 1 aliphatic rings. The SMILES string of the molecule is CCCNc1ccc(Cl)cc1C(=O)N1CCC(C)(O)CC1. The largest absolute Gasteiger partial charge is 0.390 e. The maximum Gasteiger partial charge on any atom is 0.256 e. The molecule has 0 saturated carbocycles. The predicted octanol–water partition coefficient (Wildman–Crippen LogP) is 3.15. The third kappa shape index (κ3) is 4.11. The Hall–Kier alpha value is -1.26. The Labute approximate surface area is 131 Å².